The summed E-state index contributed by atoms with van der Waals surface area (Å²) in [6, 6.07) is 0. The second kappa shape index (κ2) is 6.52. The van der Waals surface area contributed by atoms with Gasteiger partial charge in [0.25, 0.3) is 0 Å². The minimum Gasteiger partial charge on any atom is -0.299 e. The summed E-state index contributed by atoms with van der Waals surface area (Å²) in [5.74, 6) is 1.13. The van der Waals surface area contributed by atoms with Gasteiger partial charge in [0.05, 0.1) is 0 Å². The maximum atomic E-state index is 12.5. The maximum absolute atomic E-state index is 12.5. The molecule has 0 spiro atoms. The number of allylic oxidation sites excluding steroid dienone is 4. The van der Waals surface area contributed by atoms with E-state index in [1.54, 1.807) is 0 Å². The van der Waals surface area contributed by atoms with E-state index >= 15 is 0 Å². The van der Waals surface area contributed by atoms with Gasteiger partial charge < -0.3 is 0 Å². The Hall–Kier alpha value is -1.18. The number of hydrogen-bond acceptors (Lipinski definition) is 2. The van der Waals surface area contributed by atoms with E-state index in [0.29, 0.717) is 30.3 Å². The molecule has 0 heterocycles. The first-order valence-electron chi connectivity index (χ1n) is 8.63. The molecule has 0 aromatic rings. The van der Waals surface area contributed by atoms with Crippen LogP contribution in [0.25, 0.3) is 0 Å². The Balaban J connectivity index is 2.39. The van der Waals surface area contributed by atoms with Gasteiger partial charge in [0.1, 0.15) is 5.78 Å². The largest absolute Gasteiger partial charge is 0.299 e. The van der Waals surface area contributed by atoms with Gasteiger partial charge in [-0.25, -0.2) is 0 Å². The Morgan fingerprint density at radius 2 is 1.86 bits per heavy atom. The molecule has 0 bridgehead atoms. The van der Waals surface area contributed by atoms with Gasteiger partial charge in [-0.15, -0.1) is 0 Å². The van der Waals surface area contributed by atoms with Crippen LogP contribution in [0.3, 0.4) is 0 Å². The number of fused-ring (bicyclic) bond motifs is 1. The summed E-state index contributed by atoms with van der Waals surface area (Å²) in [6.45, 7) is 10.5. The molecule has 1 fully saturated rings. The van der Waals surface area contributed by atoms with Crippen molar-refractivity contribution in [1.29, 1.82) is 0 Å². The Morgan fingerprint density at radius 1 is 1.18 bits per heavy atom. The molecule has 2 nitrogen and oxygen atoms in total. The van der Waals surface area contributed by atoms with Gasteiger partial charge in [-0.05, 0) is 63.4 Å². The summed E-state index contributed by atoms with van der Waals surface area (Å²) in [5.41, 5.74) is 3.53. The van der Waals surface area contributed by atoms with Crippen molar-refractivity contribution < 1.29 is 9.59 Å². The van der Waals surface area contributed by atoms with E-state index in [1.165, 1.54) is 5.57 Å². The Kier molecular flexibility index (Phi) is 5.09. The fourth-order valence-electron chi connectivity index (χ4n) is 4.12. The third-order valence-corrected chi connectivity index (χ3v) is 5.71. The summed E-state index contributed by atoms with van der Waals surface area (Å²) in [5, 5.41) is 0. The molecule has 0 aromatic heterocycles. The molecule has 22 heavy (non-hydrogen) atoms. The van der Waals surface area contributed by atoms with Crippen molar-refractivity contribution in [1.82, 2.24) is 0 Å². The lowest BCUT2D eigenvalue weighted by Gasteiger charge is -2.31. The van der Waals surface area contributed by atoms with Crippen LogP contribution in [-0.2, 0) is 9.59 Å². The van der Waals surface area contributed by atoms with Crippen LogP contribution in [0.1, 0.15) is 73.1 Å². The molecule has 1 saturated carbocycles. The molecule has 2 aliphatic carbocycles. The van der Waals surface area contributed by atoms with E-state index in [9.17, 15) is 9.59 Å². The molecule has 0 amide bonds. The molecular weight excluding hydrogens is 272 g/mol. The van der Waals surface area contributed by atoms with E-state index in [2.05, 4.69) is 40.7 Å². The minimum absolute atomic E-state index is 0.0258. The van der Waals surface area contributed by atoms with Crippen LogP contribution in [0, 0.1) is 17.3 Å². The fourth-order valence-corrected chi connectivity index (χ4v) is 4.12. The summed E-state index contributed by atoms with van der Waals surface area (Å²) in [4.78, 5) is 24.8. The Bertz CT molecular complexity index is 534. The van der Waals surface area contributed by atoms with Gasteiger partial charge in [0, 0.05) is 18.8 Å². The van der Waals surface area contributed by atoms with Crippen molar-refractivity contribution in [3.05, 3.63) is 22.8 Å². The van der Waals surface area contributed by atoms with Gasteiger partial charge in [-0.3, -0.25) is 9.59 Å². The zero-order valence-electron chi connectivity index (χ0n) is 14.8. The summed E-state index contributed by atoms with van der Waals surface area (Å²) >= 11 is 0. The molecule has 0 aliphatic heterocycles. The predicted octanol–water partition coefficient (Wildman–Crippen LogP) is 5.03. The molecule has 0 aromatic carbocycles. The average Bonchev–Trinajstić information content (AvgIpc) is 2.69. The van der Waals surface area contributed by atoms with Crippen LogP contribution >= 0.6 is 0 Å². The molecule has 2 aliphatic rings. The van der Waals surface area contributed by atoms with Crippen LogP contribution in [0.5, 0.6) is 0 Å². The predicted molar refractivity (Wildman–Crippen MR) is 90.6 cm³/mol. The van der Waals surface area contributed by atoms with Gasteiger partial charge in [-0.2, -0.15) is 0 Å². The van der Waals surface area contributed by atoms with E-state index in [0.717, 1.165) is 36.8 Å². The highest BCUT2D eigenvalue weighted by Gasteiger charge is 2.46. The van der Waals surface area contributed by atoms with Crippen LogP contribution in [0.4, 0.5) is 0 Å². The van der Waals surface area contributed by atoms with E-state index in [-0.39, 0.29) is 11.3 Å². The molecule has 0 unspecified atom stereocenters. The van der Waals surface area contributed by atoms with Gasteiger partial charge in [-0.1, -0.05) is 31.1 Å². The summed E-state index contributed by atoms with van der Waals surface area (Å²) in [6.07, 6.45) is 7.29. The first-order chi connectivity index (χ1) is 10.2. The third kappa shape index (κ3) is 3.42. The SMILES string of the molecule is CC(C)=C1C(=O)C[C@@]2(C)C/C=C(\C)CCC(=O)[C@H](C)CC[C@H]12. The summed E-state index contributed by atoms with van der Waals surface area (Å²) in [7, 11) is 0. The van der Waals surface area contributed by atoms with Crippen LogP contribution in [-0.4, -0.2) is 11.6 Å². The highest BCUT2D eigenvalue weighted by molar-refractivity contribution is 5.99. The maximum Gasteiger partial charge on any atom is 0.159 e. The Morgan fingerprint density at radius 3 is 2.50 bits per heavy atom. The van der Waals surface area contributed by atoms with Crippen molar-refractivity contribution in [2.75, 3.05) is 0 Å². The molecule has 2 rings (SSSR count). The number of carbonyl (C=O) groups is 2. The fraction of sp³-hybridized carbons (Fsp3) is 0.700. The second-order valence-electron chi connectivity index (χ2n) is 7.92. The lowest BCUT2D eigenvalue weighted by molar-refractivity contribution is -0.122. The van der Waals surface area contributed by atoms with Gasteiger partial charge in [0.2, 0.25) is 0 Å². The molecular formula is C20H30O2. The van der Waals surface area contributed by atoms with E-state index in [1.807, 2.05) is 0 Å². The lowest BCUT2D eigenvalue weighted by atomic mass is 9.72. The smallest absolute Gasteiger partial charge is 0.159 e. The average molecular weight is 302 g/mol. The zero-order valence-corrected chi connectivity index (χ0v) is 14.8. The lowest BCUT2D eigenvalue weighted by Crippen LogP contribution is -2.23. The Labute approximate surface area is 135 Å². The summed E-state index contributed by atoms with van der Waals surface area (Å²) < 4.78 is 0. The zero-order chi connectivity index (χ0) is 16.5. The number of ketones is 2. The number of Topliss-reactive ketones (excluding diaryl/α,β-unsaturated/α-hetero) is 2. The highest BCUT2D eigenvalue weighted by Crippen LogP contribution is 2.51. The van der Waals surface area contributed by atoms with Gasteiger partial charge in [0.15, 0.2) is 5.78 Å². The van der Waals surface area contributed by atoms with Crippen LogP contribution in [0.2, 0.25) is 0 Å². The topological polar surface area (TPSA) is 34.1 Å². The highest BCUT2D eigenvalue weighted by atomic mass is 16.1. The van der Waals surface area contributed by atoms with E-state index < -0.39 is 0 Å². The number of carbonyl (C=O) groups excluding carboxylic acids is 2. The van der Waals surface area contributed by atoms with Crippen LogP contribution < -0.4 is 0 Å². The number of rotatable bonds is 0. The van der Waals surface area contributed by atoms with Crippen molar-refractivity contribution in [3.63, 3.8) is 0 Å². The molecule has 0 N–H and O–H groups in total. The number of hydrogen-bond donors (Lipinski definition) is 0. The normalized spacial score (nSPS) is 36.4. The third-order valence-electron chi connectivity index (χ3n) is 5.71. The molecule has 0 saturated heterocycles. The van der Waals surface area contributed by atoms with Crippen molar-refractivity contribution >= 4 is 11.6 Å². The first-order valence-corrected chi connectivity index (χ1v) is 8.63. The van der Waals surface area contributed by atoms with E-state index in [4.69, 9.17) is 0 Å². The molecule has 2 heteroatoms. The van der Waals surface area contributed by atoms with Crippen LogP contribution in [0.15, 0.2) is 22.8 Å². The molecule has 122 valence electrons. The monoisotopic (exact) mass is 302 g/mol. The van der Waals surface area contributed by atoms with Crippen molar-refractivity contribution in [3.8, 4) is 0 Å². The second-order valence-corrected chi connectivity index (χ2v) is 7.92. The molecule has 0 radical (unpaired) electrons. The first kappa shape index (κ1) is 17.2. The quantitative estimate of drug-likeness (QED) is 0.464. The van der Waals surface area contributed by atoms with Crippen molar-refractivity contribution in [2.45, 2.75) is 73.1 Å². The van der Waals surface area contributed by atoms with Gasteiger partial charge >= 0.3 is 0 Å². The standard InChI is InChI=1S/C20H30O2/c1-13(2)19-16-8-7-15(4)17(21)9-6-14(3)10-11-20(16,5)12-18(19)22/h10,15-16H,6-9,11-12H2,1-5H3/b14-10+/t15-,16-,20-/m1/s1. The van der Waals surface area contributed by atoms with Crippen molar-refractivity contribution in [2.24, 2.45) is 17.3 Å². The minimum atomic E-state index is 0.0258. The molecule has 3 atom stereocenters.